The van der Waals surface area contributed by atoms with Crippen molar-refractivity contribution in [3.63, 3.8) is 0 Å². The Morgan fingerprint density at radius 1 is 0.970 bits per heavy atom. The molecule has 0 spiro atoms. The molecule has 1 atom stereocenters. The summed E-state index contributed by atoms with van der Waals surface area (Å²) in [6.45, 7) is 6.50. The van der Waals surface area contributed by atoms with E-state index in [0.717, 1.165) is 49.9 Å². The summed E-state index contributed by atoms with van der Waals surface area (Å²) in [5.41, 5.74) is 1.08. The van der Waals surface area contributed by atoms with Crippen LogP contribution in [0, 0.1) is 29.1 Å². The minimum atomic E-state index is -0.530. The quantitative estimate of drug-likeness (QED) is 0.524. The van der Waals surface area contributed by atoms with Crippen molar-refractivity contribution in [3.8, 4) is 0 Å². The maximum absolute atomic E-state index is 11.9. The normalized spacial score (nSPS) is 35.5. The van der Waals surface area contributed by atoms with Gasteiger partial charge in [0.05, 0.1) is 11.3 Å². The SMILES string of the molecule is CC(O)(CN1CCC(CN2Sc3cccc4cccc2c34)CC1)C12CC3CC(CC(C3)C1)C2. The van der Waals surface area contributed by atoms with Gasteiger partial charge in [-0.25, -0.2) is 0 Å². The summed E-state index contributed by atoms with van der Waals surface area (Å²) >= 11 is 1.93. The standard InChI is InChI=1S/C29H38N2OS/c1-28(32,29-15-21-12-22(16-29)14-23(13-21)17-29)19-30-10-8-20(9-11-30)18-31-25-6-2-4-24-5-3-7-26(33-31)27(24)25/h2-7,20-23,32H,8-19H2,1H3. The average Bonchev–Trinajstić information content (AvgIpc) is 3.13. The maximum Gasteiger partial charge on any atom is 0.0802 e. The third kappa shape index (κ3) is 3.46. The van der Waals surface area contributed by atoms with Gasteiger partial charge in [0.25, 0.3) is 0 Å². The molecule has 2 aromatic carbocycles. The van der Waals surface area contributed by atoms with E-state index in [0.29, 0.717) is 0 Å². The molecule has 8 rings (SSSR count). The number of likely N-dealkylation sites (tertiary alicyclic amines) is 1. The van der Waals surface area contributed by atoms with E-state index >= 15 is 0 Å². The number of rotatable bonds is 5. The Hall–Kier alpha value is -1.23. The van der Waals surface area contributed by atoms with Crippen LogP contribution in [0.5, 0.6) is 0 Å². The van der Waals surface area contributed by atoms with Crippen molar-refractivity contribution in [2.24, 2.45) is 29.1 Å². The molecular formula is C29H38N2OS. The van der Waals surface area contributed by atoms with Gasteiger partial charge in [-0.3, -0.25) is 0 Å². The highest BCUT2D eigenvalue weighted by Crippen LogP contribution is 2.63. The van der Waals surface area contributed by atoms with Gasteiger partial charge in [0.15, 0.2) is 0 Å². The highest BCUT2D eigenvalue weighted by molar-refractivity contribution is 8.01. The van der Waals surface area contributed by atoms with Crippen molar-refractivity contribution >= 4 is 28.4 Å². The number of hydrogen-bond donors (Lipinski definition) is 1. The summed E-state index contributed by atoms with van der Waals surface area (Å²) in [6.07, 6.45) is 10.7. The summed E-state index contributed by atoms with van der Waals surface area (Å²) in [7, 11) is 0. The predicted octanol–water partition coefficient (Wildman–Crippen LogP) is 6.35. The summed E-state index contributed by atoms with van der Waals surface area (Å²) in [6, 6.07) is 13.4. The number of piperidine rings is 1. The molecule has 33 heavy (non-hydrogen) atoms. The molecule has 3 nitrogen and oxygen atoms in total. The van der Waals surface area contributed by atoms with E-state index in [-0.39, 0.29) is 5.41 Å². The lowest BCUT2D eigenvalue weighted by molar-refractivity contribution is -0.179. The Labute approximate surface area is 203 Å². The lowest BCUT2D eigenvalue weighted by Gasteiger charge is -2.62. The van der Waals surface area contributed by atoms with E-state index in [4.69, 9.17) is 0 Å². The smallest absolute Gasteiger partial charge is 0.0802 e. The van der Waals surface area contributed by atoms with E-state index in [2.05, 4.69) is 52.5 Å². The third-order valence-corrected chi connectivity index (χ3v) is 11.3. The van der Waals surface area contributed by atoms with E-state index in [1.165, 1.54) is 72.7 Å². The molecule has 0 amide bonds. The van der Waals surface area contributed by atoms with Crippen LogP contribution in [0.2, 0.25) is 0 Å². The van der Waals surface area contributed by atoms with Gasteiger partial charge in [-0.15, -0.1) is 0 Å². The van der Waals surface area contributed by atoms with Crippen molar-refractivity contribution in [3.05, 3.63) is 36.4 Å². The molecule has 2 heterocycles. The minimum absolute atomic E-state index is 0.204. The zero-order valence-corrected chi connectivity index (χ0v) is 20.8. The number of benzene rings is 2. The van der Waals surface area contributed by atoms with Crippen molar-refractivity contribution in [2.45, 2.75) is 68.8 Å². The van der Waals surface area contributed by atoms with Crippen LogP contribution >= 0.6 is 11.9 Å². The summed E-state index contributed by atoms with van der Waals surface area (Å²) in [4.78, 5) is 4.01. The highest BCUT2D eigenvalue weighted by atomic mass is 32.2. The molecule has 5 fully saturated rings. The van der Waals surface area contributed by atoms with Crippen molar-refractivity contribution in [1.29, 1.82) is 0 Å². The number of aliphatic hydroxyl groups is 1. The van der Waals surface area contributed by atoms with Gasteiger partial charge in [-0.1, -0.05) is 24.3 Å². The molecule has 1 saturated heterocycles. The fraction of sp³-hybridized carbons (Fsp3) is 0.655. The van der Waals surface area contributed by atoms with Gasteiger partial charge >= 0.3 is 0 Å². The predicted molar refractivity (Wildman–Crippen MR) is 138 cm³/mol. The first-order valence-corrected chi connectivity index (χ1v) is 14.2. The maximum atomic E-state index is 11.9. The van der Waals surface area contributed by atoms with Gasteiger partial charge in [0, 0.05) is 28.8 Å². The number of anilines is 1. The molecule has 0 radical (unpaired) electrons. The topological polar surface area (TPSA) is 26.7 Å². The second-order valence-electron chi connectivity index (χ2n) is 12.5. The molecular weight excluding hydrogens is 424 g/mol. The Bertz CT molecular complexity index is 1020. The van der Waals surface area contributed by atoms with E-state index in [9.17, 15) is 5.11 Å². The lowest BCUT2D eigenvalue weighted by atomic mass is 9.45. The number of hydrogen-bond acceptors (Lipinski definition) is 4. The van der Waals surface area contributed by atoms with E-state index in [1.54, 1.807) is 0 Å². The molecule has 4 aliphatic carbocycles. The molecule has 0 aromatic heterocycles. The molecule has 1 N–H and O–H groups in total. The molecule has 4 saturated carbocycles. The van der Waals surface area contributed by atoms with Crippen LogP contribution in [0.1, 0.15) is 58.3 Å². The van der Waals surface area contributed by atoms with Crippen LogP contribution in [0.15, 0.2) is 41.3 Å². The molecule has 6 aliphatic rings. The molecule has 2 aliphatic heterocycles. The van der Waals surface area contributed by atoms with Gasteiger partial charge in [-0.2, -0.15) is 0 Å². The molecule has 4 heteroatoms. The van der Waals surface area contributed by atoms with Gasteiger partial charge in [0.2, 0.25) is 0 Å². The van der Waals surface area contributed by atoms with Crippen LogP contribution in [-0.2, 0) is 0 Å². The van der Waals surface area contributed by atoms with Crippen molar-refractivity contribution in [2.75, 3.05) is 30.5 Å². The second-order valence-corrected chi connectivity index (χ2v) is 13.5. The average molecular weight is 463 g/mol. The molecule has 4 bridgehead atoms. The van der Waals surface area contributed by atoms with Crippen LogP contribution in [-0.4, -0.2) is 41.8 Å². The first-order chi connectivity index (χ1) is 16.0. The van der Waals surface area contributed by atoms with Crippen LogP contribution < -0.4 is 4.31 Å². The molecule has 176 valence electrons. The van der Waals surface area contributed by atoms with Crippen LogP contribution in [0.4, 0.5) is 5.69 Å². The Kier molecular flexibility index (Phi) is 4.88. The monoisotopic (exact) mass is 462 g/mol. The third-order valence-electron chi connectivity index (χ3n) is 10.2. The zero-order chi connectivity index (χ0) is 22.2. The highest BCUT2D eigenvalue weighted by Gasteiger charge is 2.58. The summed E-state index contributed by atoms with van der Waals surface area (Å²) in [5, 5.41) is 14.7. The first-order valence-electron chi connectivity index (χ1n) is 13.4. The fourth-order valence-corrected chi connectivity index (χ4v) is 10.0. The second kappa shape index (κ2) is 7.63. The van der Waals surface area contributed by atoms with Crippen LogP contribution in [0.25, 0.3) is 10.8 Å². The van der Waals surface area contributed by atoms with E-state index < -0.39 is 5.60 Å². The van der Waals surface area contributed by atoms with Gasteiger partial charge < -0.3 is 14.3 Å². The van der Waals surface area contributed by atoms with E-state index in [1.807, 2.05) is 11.9 Å². The van der Waals surface area contributed by atoms with Crippen molar-refractivity contribution < 1.29 is 5.11 Å². The summed E-state index contributed by atoms with van der Waals surface area (Å²) < 4.78 is 2.55. The molecule has 2 aromatic rings. The zero-order valence-electron chi connectivity index (χ0n) is 20.0. The Morgan fingerprint density at radius 2 is 1.61 bits per heavy atom. The summed E-state index contributed by atoms with van der Waals surface area (Å²) in [5.74, 6) is 3.45. The Morgan fingerprint density at radius 3 is 2.27 bits per heavy atom. The lowest BCUT2D eigenvalue weighted by Crippen LogP contribution is -2.61. The van der Waals surface area contributed by atoms with Gasteiger partial charge in [-0.05, 0) is 125 Å². The Balaban J connectivity index is 0.987. The van der Waals surface area contributed by atoms with Crippen molar-refractivity contribution in [1.82, 2.24) is 4.90 Å². The van der Waals surface area contributed by atoms with Crippen LogP contribution in [0.3, 0.4) is 0 Å². The van der Waals surface area contributed by atoms with Gasteiger partial charge in [0.1, 0.15) is 0 Å². The largest absolute Gasteiger partial charge is 0.388 e. The number of β-amino-alcohol motifs (C(OH)–C–C–N with tert-alkyl or cyclic N) is 1. The minimum Gasteiger partial charge on any atom is -0.388 e. The first kappa shape index (κ1) is 21.1. The number of nitrogens with zero attached hydrogens (tertiary/aromatic N) is 2. The molecule has 1 unspecified atom stereocenters. The fourth-order valence-electron chi connectivity index (χ4n) is 8.81.